The molecule has 2 aliphatic heterocycles. The van der Waals surface area contributed by atoms with Crippen molar-refractivity contribution in [3.63, 3.8) is 0 Å². The third-order valence-electron chi connectivity index (χ3n) is 7.63. The van der Waals surface area contributed by atoms with Gasteiger partial charge < -0.3 is 24.6 Å². The zero-order valence-electron chi connectivity index (χ0n) is 19.8. The zero-order valence-corrected chi connectivity index (χ0v) is 19.8. The number of halogens is 2. The Morgan fingerprint density at radius 3 is 2.56 bits per heavy atom. The number of urea groups is 1. The zero-order chi connectivity index (χ0) is 24.1. The Hall–Kier alpha value is -2.42. The summed E-state index contributed by atoms with van der Waals surface area (Å²) in [6, 6.07) is 9.85. The summed E-state index contributed by atoms with van der Waals surface area (Å²) < 4.78 is 36.5. The maximum Gasteiger partial charge on any atom is 0.410 e. The highest BCUT2D eigenvalue weighted by Crippen LogP contribution is 2.37. The topological polar surface area (TPSA) is 71.1 Å². The molecule has 3 fully saturated rings. The average molecular weight is 480 g/mol. The highest BCUT2D eigenvalue weighted by atomic mass is 19.3. The number of benzene rings is 1. The van der Waals surface area contributed by atoms with Gasteiger partial charge in [0.25, 0.3) is 6.43 Å². The fourth-order valence-corrected chi connectivity index (χ4v) is 5.66. The van der Waals surface area contributed by atoms with Crippen LogP contribution >= 0.6 is 0 Å². The minimum absolute atomic E-state index is 0.0693. The molecule has 1 spiro atoms. The predicted molar refractivity (Wildman–Crippen MR) is 123 cm³/mol. The third kappa shape index (κ3) is 5.62. The number of carbonyl (C=O) groups is 2. The second kappa shape index (κ2) is 10.9. The molecule has 0 bridgehead atoms. The molecule has 3 amide bonds. The SMILES string of the molecule is CN1CC[C@]2(CCCN(C(=O)OCC(F)F)[C@@H]2COC2CCC(c3ccccc3)CC2)NC1=O. The van der Waals surface area contributed by atoms with Crippen molar-refractivity contribution < 1.29 is 27.8 Å². The molecule has 1 aromatic rings. The van der Waals surface area contributed by atoms with E-state index in [0.29, 0.717) is 38.3 Å². The van der Waals surface area contributed by atoms with Crippen molar-refractivity contribution in [2.75, 3.05) is 33.4 Å². The lowest BCUT2D eigenvalue weighted by atomic mass is 9.77. The quantitative estimate of drug-likeness (QED) is 0.658. The molecule has 1 N–H and O–H groups in total. The first-order valence-electron chi connectivity index (χ1n) is 12.3. The van der Waals surface area contributed by atoms with Crippen molar-refractivity contribution in [2.24, 2.45) is 0 Å². The van der Waals surface area contributed by atoms with E-state index >= 15 is 0 Å². The number of rotatable bonds is 6. The Balaban J connectivity index is 1.42. The van der Waals surface area contributed by atoms with E-state index in [1.807, 2.05) is 6.07 Å². The van der Waals surface area contributed by atoms with Crippen molar-refractivity contribution in [1.29, 1.82) is 0 Å². The number of likely N-dealkylation sites (tertiary alicyclic amines) is 1. The number of hydrogen-bond acceptors (Lipinski definition) is 4. The van der Waals surface area contributed by atoms with Gasteiger partial charge >= 0.3 is 12.1 Å². The highest BCUT2D eigenvalue weighted by molar-refractivity contribution is 5.76. The fraction of sp³-hybridized carbons (Fsp3) is 0.680. The van der Waals surface area contributed by atoms with Crippen LogP contribution in [0.1, 0.15) is 56.4 Å². The Kier molecular flexibility index (Phi) is 7.91. The molecule has 1 aliphatic carbocycles. The summed E-state index contributed by atoms with van der Waals surface area (Å²) in [5.74, 6) is 0.524. The largest absolute Gasteiger partial charge is 0.443 e. The van der Waals surface area contributed by atoms with Crippen LogP contribution in [-0.4, -0.2) is 79.4 Å². The minimum atomic E-state index is -2.72. The lowest BCUT2D eigenvalue weighted by Gasteiger charge is -2.52. The number of carbonyl (C=O) groups excluding carboxylic acids is 2. The molecule has 4 rings (SSSR count). The van der Waals surface area contributed by atoms with Crippen LogP contribution in [0.15, 0.2) is 30.3 Å². The van der Waals surface area contributed by atoms with E-state index in [-0.39, 0.29) is 18.7 Å². The Bertz CT molecular complexity index is 835. The molecule has 2 atom stereocenters. The minimum Gasteiger partial charge on any atom is -0.443 e. The molecule has 0 unspecified atom stereocenters. The molecule has 2 heterocycles. The number of nitrogens with zero attached hydrogens (tertiary/aromatic N) is 2. The summed E-state index contributed by atoms with van der Waals surface area (Å²) >= 11 is 0. The van der Waals surface area contributed by atoms with Crippen LogP contribution in [0.25, 0.3) is 0 Å². The average Bonchev–Trinajstić information content (AvgIpc) is 2.85. The van der Waals surface area contributed by atoms with Crippen molar-refractivity contribution in [3.05, 3.63) is 35.9 Å². The molecule has 0 radical (unpaired) electrons. The molecule has 1 saturated carbocycles. The number of ether oxygens (including phenoxy) is 2. The van der Waals surface area contributed by atoms with E-state index in [1.54, 1.807) is 11.9 Å². The van der Waals surface area contributed by atoms with Gasteiger partial charge in [0.15, 0.2) is 6.61 Å². The first kappa shape index (κ1) is 24.7. The maximum absolute atomic E-state index is 12.7. The number of hydrogen-bond donors (Lipinski definition) is 1. The van der Waals surface area contributed by atoms with E-state index in [1.165, 1.54) is 10.5 Å². The molecule has 2 saturated heterocycles. The summed E-state index contributed by atoms with van der Waals surface area (Å²) in [7, 11) is 1.73. The van der Waals surface area contributed by atoms with Gasteiger partial charge in [-0.25, -0.2) is 18.4 Å². The van der Waals surface area contributed by atoms with Crippen molar-refractivity contribution >= 4 is 12.1 Å². The molecular weight excluding hydrogens is 444 g/mol. The van der Waals surface area contributed by atoms with Crippen molar-refractivity contribution in [1.82, 2.24) is 15.1 Å². The molecule has 188 valence electrons. The van der Waals surface area contributed by atoms with Crippen LogP contribution in [0, 0.1) is 0 Å². The van der Waals surface area contributed by atoms with Crippen LogP contribution in [0.2, 0.25) is 0 Å². The second-order valence-electron chi connectivity index (χ2n) is 9.76. The normalized spacial score (nSPS) is 29.9. The van der Waals surface area contributed by atoms with Gasteiger partial charge in [0.2, 0.25) is 0 Å². The standard InChI is InChI=1S/C25H35F2N3O4/c1-29-15-13-25(28-23(29)31)12-5-14-30(24(32)34-17-22(26)27)21(25)16-33-20-10-8-19(9-11-20)18-6-3-2-4-7-18/h2-4,6-7,19-22H,5,8-17H2,1H3,(H,28,31)/t19?,20?,21-,25+/m1/s1. The number of alkyl halides is 2. The summed E-state index contributed by atoms with van der Waals surface area (Å²) in [6.07, 6.45) is 2.51. The van der Waals surface area contributed by atoms with Crippen molar-refractivity contribution in [3.8, 4) is 0 Å². The van der Waals surface area contributed by atoms with E-state index in [2.05, 4.69) is 29.6 Å². The van der Waals surface area contributed by atoms with Crippen LogP contribution in [0.5, 0.6) is 0 Å². The monoisotopic (exact) mass is 479 g/mol. The first-order chi connectivity index (χ1) is 16.4. The van der Waals surface area contributed by atoms with Gasteiger partial charge in [0.05, 0.1) is 24.3 Å². The van der Waals surface area contributed by atoms with Crippen LogP contribution in [-0.2, 0) is 9.47 Å². The van der Waals surface area contributed by atoms with Gasteiger partial charge in [-0.05, 0) is 56.4 Å². The smallest absolute Gasteiger partial charge is 0.410 e. The molecule has 7 nitrogen and oxygen atoms in total. The lowest BCUT2D eigenvalue weighted by molar-refractivity contribution is -0.0585. The number of piperidine rings is 1. The van der Waals surface area contributed by atoms with E-state index in [9.17, 15) is 18.4 Å². The second-order valence-corrected chi connectivity index (χ2v) is 9.76. The van der Waals surface area contributed by atoms with Gasteiger partial charge in [-0.15, -0.1) is 0 Å². The molecular formula is C25H35F2N3O4. The third-order valence-corrected chi connectivity index (χ3v) is 7.63. The Morgan fingerprint density at radius 2 is 1.88 bits per heavy atom. The number of nitrogens with one attached hydrogen (secondary N) is 1. The summed E-state index contributed by atoms with van der Waals surface area (Å²) in [5.41, 5.74) is 0.710. The van der Waals surface area contributed by atoms with Crippen LogP contribution in [0.3, 0.4) is 0 Å². The Labute approximate surface area is 199 Å². The van der Waals surface area contributed by atoms with Crippen molar-refractivity contribution in [2.45, 2.75) is 75.0 Å². The molecule has 3 aliphatic rings. The lowest BCUT2D eigenvalue weighted by Crippen LogP contribution is -2.71. The van der Waals surface area contributed by atoms with Gasteiger partial charge in [0.1, 0.15) is 0 Å². The highest BCUT2D eigenvalue weighted by Gasteiger charge is 2.50. The molecule has 34 heavy (non-hydrogen) atoms. The van der Waals surface area contributed by atoms with E-state index < -0.39 is 30.7 Å². The predicted octanol–water partition coefficient (Wildman–Crippen LogP) is 4.38. The van der Waals surface area contributed by atoms with Crippen LogP contribution < -0.4 is 5.32 Å². The van der Waals surface area contributed by atoms with Gasteiger partial charge in [-0.2, -0.15) is 0 Å². The van der Waals surface area contributed by atoms with Crippen LogP contribution in [0.4, 0.5) is 18.4 Å². The first-order valence-corrected chi connectivity index (χ1v) is 12.3. The Morgan fingerprint density at radius 1 is 1.15 bits per heavy atom. The molecule has 9 heteroatoms. The summed E-state index contributed by atoms with van der Waals surface area (Å²) in [6.45, 7) is 0.262. The number of amides is 3. The van der Waals surface area contributed by atoms with Gasteiger partial charge in [-0.1, -0.05) is 30.3 Å². The molecule has 1 aromatic carbocycles. The summed E-state index contributed by atoms with van der Waals surface area (Å²) in [5, 5.41) is 3.11. The maximum atomic E-state index is 12.7. The molecule has 0 aromatic heterocycles. The van der Waals surface area contributed by atoms with E-state index in [4.69, 9.17) is 9.47 Å². The van der Waals surface area contributed by atoms with E-state index in [0.717, 1.165) is 25.7 Å². The van der Waals surface area contributed by atoms with Gasteiger partial charge in [-0.3, -0.25) is 0 Å². The van der Waals surface area contributed by atoms with Gasteiger partial charge in [0, 0.05) is 20.1 Å². The fourth-order valence-electron chi connectivity index (χ4n) is 5.66. The summed E-state index contributed by atoms with van der Waals surface area (Å²) in [4.78, 5) is 28.4.